The summed E-state index contributed by atoms with van der Waals surface area (Å²) in [4.78, 5) is 15.1. The Kier molecular flexibility index (Phi) is 10.3. The Morgan fingerprint density at radius 3 is 2.35 bits per heavy atom. The van der Waals surface area contributed by atoms with Gasteiger partial charge in [-0.2, -0.15) is 0 Å². The van der Waals surface area contributed by atoms with Gasteiger partial charge in [0.25, 0.3) is 0 Å². The summed E-state index contributed by atoms with van der Waals surface area (Å²) < 4.78 is 0. The van der Waals surface area contributed by atoms with Gasteiger partial charge in [-0.3, -0.25) is 4.79 Å². The Bertz CT molecular complexity index is 368. The molecule has 0 aromatic carbocycles. The number of aromatic nitrogens is 1. The molecule has 2 nitrogen and oxygen atoms in total. The zero-order valence-corrected chi connectivity index (χ0v) is 13.5. The van der Waals surface area contributed by atoms with Gasteiger partial charge in [-0.15, -0.1) is 11.8 Å². The van der Waals surface area contributed by atoms with E-state index in [1.54, 1.807) is 18.0 Å². The first-order chi connectivity index (χ1) is 9.88. The molecule has 0 amide bonds. The van der Waals surface area contributed by atoms with E-state index < -0.39 is 0 Å². The molecule has 1 heterocycles. The molecule has 112 valence electrons. The maximum absolute atomic E-state index is 10.9. The molecule has 0 aliphatic heterocycles. The fourth-order valence-electron chi connectivity index (χ4n) is 2.20. The summed E-state index contributed by atoms with van der Waals surface area (Å²) in [5.41, 5.74) is 0.716. The van der Waals surface area contributed by atoms with Gasteiger partial charge in [-0.25, -0.2) is 4.98 Å². The maximum atomic E-state index is 10.9. The van der Waals surface area contributed by atoms with Crippen LogP contribution in [0.1, 0.15) is 75.1 Å². The molecule has 3 heteroatoms. The van der Waals surface area contributed by atoms with Gasteiger partial charge >= 0.3 is 0 Å². The highest BCUT2D eigenvalue weighted by Crippen LogP contribution is 2.20. The van der Waals surface area contributed by atoms with Crippen molar-refractivity contribution in [2.45, 2.75) is 69.7 Å². The lowest BCUT2D eigenvalue weighted by atomic mass is 10.1. The van der Waals surface area contributed by atoms with Crippen LogP contribution in [0.2, 0.25) is 0 Å². The molecule has 0 saturated heterocycles. The predicted molar refractivity (Wildman–Crippen MR) is 87.6 cm³/mol. The molecule has 20 heavy (non-hydrogen) atoms. The van der Waals surface area contributed by atoms with Crippen molar-refractivity contribution in [1.82, 2.24) is 4.98 Å². The predicted octanol–water partition coefficient (Wildman–Crippen LogP) is 5.52. The molecule has 1 aromatic rings. The van der Waals surface area contributed by atoms with Crippen molar-refractivity contribution in [3.63, 3.8) is 0 Å². The fraction of sp³-hybridized carbons (Fsp3) is 0.647. The van der Waals surface area contributed by atoms with Crippen molar-refractivity contribution in [2.24, 2.45) is 0 Å². The van der Waals surface area contributed by atoms with Crippen LogP contribution < -0.4 is 0 Å². The Morgan fingerprint density at radius 1 is 1.05 bits per heavy atom. The third-order valence-corrected chi connectivity index (χ3v) is 4.52. The Balaban J connectivity index is 1.98. The van der Waals surface area contributed by atoms with E-state index in [1.807, 2.05) is 12.1 Å². The van der Waals surface area contributed by atoms with Gasteiger partial charge in [0.15, 0.2) is 6.29 Å². The number of nitrogens with zero attached hydrogens (tertiary/aromatic N) is 1. The molecule has 0 saturated carbocycles. The Labute approximate surface area is 127 Å². The number of thioether (sulfide) groups is 1. The lowest BCUT2D eigenvalue weighted by molar-refractivity contribution is 0.112. The van der Waals surface area contributed by atoms with Gasteiger partial charge in [-0.05, 0) is 24.3 Å². The third-order valence-electron chi connectivity index (χ3n) is 3.41. The lowest BCUT2D eigenvalue weighted by Gasteiger charge is -2.04. The molecule has 0 fully saturated rings. The van der Waals surface area contributed by atoms with Gasteiger partial charge in [-0.1, -0.05) is 58.3 Å². The summed E-state index contributed by atoms with van der Waals surface area (Å²) >= 11 is 1.70. The normalized spacial score (nSPS) is 10.7. The van der Waals surface area contributed by atoms with Gasteiger partial charge in [0, 0.05) is 11.8 Å². The molecule has 0 spiro atoms. The van der Waals surface area contributed by atoms with E-state index in [2.05, 4.69) is 11.9 Å². The second-order valence-corrected chi connectivity index (χ2v) is 6.28. The van der Waals surface area contributed by atoms with E-state index in [1.165, 1.54) is 57.8 Å². The number of rotatable bonds is 12. The Hall–Kier alpha value is -0.830. The first kappa shape index (κ1) is 17.2. The topological polar surface area (TPSA) is 30.0 Å². The number of carbonyl (C=O) groups excluding carboxylic acids is 1. The molecule has 0 aliphatic carbocycles. The van der Waals surface area contributed by atoms with E-state index in [0.717, 1.165) is 17.1 Å². The van der Waals surface area contributed by atoms with Crippen LogP contribution in [0.15, 0.2) is 23.4 Å². The molecular formula is C17H27NOS. The molecule has 0 atom stereocenters. The first-order valence-corrected chi connectivity index (χ1v) is 8.90. The number of aldehydes is 1. The van der Waals surface area contributed by atoms with Gasteiger partial charge < -0.3 is 0 Å². The third kappa shape index (κ3) is 7.68. The molecule has 0 radical (unpaired) electrons. The number of unbranched alkanes of at least 4 members (excludes halogenated alkanes) is 8. The molecule has 1 aromatic heterocycles. The van der Waals surface area contributed by atoms with Crippen LogP contribution in [0.3, 0.4) is 0 Å². The molecule has 0 N–H and O–H groups in total. The molecule has 0 aliphatic rings. The minimum absolute atomic E-state index is 0.716. The van der Waals surface area contributed by atoms with E-state index in [-0.39, 0.29) is 0 Å². The highest BCUT2D eigenvalue weighted by Gasteiger charge is 2.02. The van der Waals surface area contributed by atoms with Crippen LogP contribution in [0.5, 0.6) is 0 Å². The van der Waals surface area contributed by atoms with E-state index in [4.69, 9.17) is 0 Å². The van der Waals surface area contributed by atoms with Crippen molar-refractivity contribution < 1.29 is 4.79 Å². The quantitative estimate of drug-likeness (QED) is 0.289. The molecule has 1 rings (SSSR count). The van der Waals surface area contributed by atoms with Gasteiger partial charge in [0.2, 0.25) is 0 Å². The highest BCUT2D eigenvalue weighted by molar-refractivity contribution is 7.99. The summed E-state index contributed by atoms with van der Waals surface area (Å²) in [6.07, 6.45) is 14.8. The second-order valence-electron chi connectivity index (χ2n) is 5.19. The highest BCUT2D eigenvalue weighted by atomic mass is 32.2. The zero-order chi connectivity index (χ0) is 14.5. The van der Waals surface area contributed by atoms with E-state index >= 15 is 0 Å². The Morgan fingerprint density at radius 2 is 1.70 bits per heavy atom. The number of pyridine rings is 1. The van der Waals surface area contributed by atoms with Crippen LogP contribution in [0, 0.1) is 0 Å². The van der Waals surface area contributed by atoms with Gasteiger partial charge in [0.05, 0.1) is 0 Å². The SMILES string of the molecule is CCCCCCCCCCCSc1ncccc1C=O. The molecule has 0 bridgehead atoms. The lowest BCUT2D eigenvalue weighted by Crippen LogP contribution is -1.90. The number of carbonyl (C=O) groups is 1. The largest absolute Gasteiger partial charge is 0.298 e. The average molecular weight is 293 g/mol. The summed E-state index contributed by atoms with van der Waals surface area (Å²) in [6, 6.07) is 3.64. The van der Waals surface area contributed by atoms with Crippen molar-refractivity contribution in [3.05, 3.63) is 23.9 Å². The summed E-state index contributed by atoms with van der Waals surface area (Å²) in [5, 5.41) is 0.877. The standard InChI is InChI=1S/C17H27NOS/c1-2-3-4-5-6-7-8-9-10-14-20-17-16(15-19)12-11-13-18-17/h11-13,15H,2-10,14H2,1H3. The maximum Gasteiger partial charge on any atom is 0.152 e. The van der Waals surface area contributed by atoms with E-state index in [0.29, 0.717) is 5.56 Å². The number of hydrogen-bond acceptors (Lipinski definition) is 3. The molecule has 0 unspecified atom stereocenters. The smallest absolute Gasteiger partial charge is 0.152 e. The molecular weight excluding hydrogens is 266 g/mol. The summed E-state index contributed by atoms with van der Waals surface area (Å²) in [5.74, 6) is 1.06. The second kappa shape index (κ2) is 12.0. The van der Waals surface area contributed by atoms with Crippen molar-refractivity contribution in [1.29, 1.82) is 0 Å². The van der Waals surface area contributed by atoms with Crippen LogP contribution >= 0.6 is 11.8 Å². The summed E-state index contributed by atoms with van der Waals surface area (Å²) in [6.45, 7) is 2.26. The monoisotopic (exact) mass is 293 g/mol. The average Bonchev–Trinajstić information content (AvgIpc) is 2.49. The van der Waals surface area contributed by atoms with Gasteiger partial charge in [0.1, 0.15) is 5.03 Å². The van der Waals surface area contributed by atoms with Crippen LogP contribution in [-0.4, -0.2) is 17.0 Å². The first-order valence-electron chi connectivity index (χ1n) is 7.91. The fourth-order valence-corrected chi connectivity index (χ4v) is 3.16. The van der Waals surface area contributed by atoms with Crippen molar-refractivity contribution >= 4 is 18.0 Å². The van der Waals surface area contributed by atoms with Crippen LogP contribution in [0.25, 0.3) is 0 Å². The minimum Gasteiger partial charge on any atom is -0.298 e. The zero-order valence-electron chi connectivity index (χ0n) is 12.6. The number of hydrogen-bond donors (Lipinski definition) is 0. The van der Waals surface area contributed by atoms with Crippen molar-refractivity contribution in [2.75, 3.05) is 5.75 Å². The van der Waals surface area contributed by atoms with Crippen LogP contribution in [-0.2, 0) is 0 Å². The van der Waals surface area contributed by atoms with E-state index in [9.17, 15) is 4.79 Å². The minimum atomic E-state index is 0.716. The summed E-state index contributed by atoms with van der Waals surface area (Å²) in [7, 11) is 0. The van der Waals surface area contributed by atoms with Crippen molar-refractivity contribution in [3.8, 4) is 0 Å². The van der Waals surface area contributed by atoms with Crippen LogP contribution in [0.4, 0.5) is 0 Å².